The number of fused-ring (bicyclic) bond motifs is 1. The highest BCUT2D eigenvalue weighted by atomic mass is 19.3. The van der Waals surface area contributed by atoms with Gasteiger partial charge in [0.15, 0.2) is 5.78 Å². The van der Waals surface area contributed by atoms with Gasteiger partial charge in [-0.3, -0.25) is 14.4 Å². The molecular formula is C22H26F2N2O4. The number of alkyl halides is 2. The molecule has 1 unspecified atom stereocenters. The Hall–Kier alpha value is -2.77. The Kier molecular flexibility index (Phi) is 6.53. The number of nitrogens with zero attached hydrogens (tertiary/aromatic N) is 1. The molecule has 3 rings (SSSR count). The molecule has 0 bridgehead atoms. The Bertz CT molecular complexity index is 967. The summed E-state index contributed by atoms with van der Waals surface area (Å²) in [5, 5.41) is 3.26. The first-order valence-electron chi connectivity index (χ1n) is 10.2. The van der Waals surface area contributed by atoms with Crippen molar-refractivity contribution in [2.75, 3.05) is 11.9 Å². The maximum absolute atomic E-state index is 13.4. The summed E-state index contributed by atoms with van der Waals surface area (Å²) >= 11 is 0. The molecule has 1 aromatic carbocycles. The minimum atomic E-state index is -2.79. The van der Waals surface area contributed by atoms with Crippen molar-refractivity contribution in [1.82, 2.24) is 4.57 Å². The molecular weight excluding hydrogens is 394 g/mol. The van der Waals surface area contributed by atoms with Crippen LogP contribution in [0.15, 0.2) is 24.4 Å². The van der Waals surface area contributed by atoms with Crippen LogP contribution < -0.4 is 5.32 Å². The van der Waals surface area contributed by atoms with Gasteiger partial charge in [0.1, 0.15) is 6.54 Å². The normalized spacial score (nSPS) is 17.8. The molecule has 1 aliphatic rings. The minimum absolute atomic E-state index is 0.0314. The van der Waals surface area contributed by atoms with E-state index in [1.165, 1.54) is 6.92 Å². The summed E-state index contributed by atoms with van der Waals surface area (Å²) in [6.07, 6.45) is 2.72. The fourth-order valence-corrected chi connectivity index (χ4v) is 3.72. The molecule has 1 atom stereocenters. The van der Waals surface area contributed by atoms with Gasteiger partial charge in [-0.15, -0.1) is 0 Å². The molecule has 0 radical (unpaired) electrons. The lowest BCUT2D eigenvalue weighted by atomic mass is 10.1. The summed E-state index contributed by atoms with van der Waals surface area (Å²) in [6, 6.07) is 4.96. The number of ketones is 1. The standard InChI is InChI=1S/C22H26F2N2O4/c1-3-4-9-30-20(28)13-26-12-18(14(2)27)17-10-16(5-6-19(17)26)25-21(29)15-7-8-22(23,24)11-15/h5-6,10,12,15H,3-4,7-9,11,13H2,1-2H3,(H,25,29). The molecule has 1 heterocycles. The Morgan fingerprint density at radius 1 is 1.30 bits per heavy atom. The number of carbonyl (C=O) groups is 3. The van der Waals surface area contributed by atoms with Crippen LogP contribution in [0.2, 0.25) is 0 Å². The molecule has 1 aliphatic carbocycles. The van der Waals surface area contributed by atoms with Crippen molar-refractivity contribution in [2.24, 2.45) is 5.92 Å². The van der Waals surface area contributed by atoms with Crippen LogP contribution in [0.1, 0.15) is 56.3 Å². The lowest BCUT2D eigenvalue weighted by Crippen LogP contribution is -2.22. The molecule has 0 saturated heterocycles. The number of unbranched alkanes of at least 4 members (excludes halogenated alkanes) is 1. The van der Waals surface area contributed by atoms with Crippen LogP contribution in [0.3, 0.4) is 0 Å². The van der Waals surface area contributed by atoms with Gasteiger partial charge < -0.3 is 14.6 Å². The third-order valence-electron chi connectivity index (χ3n) is 5.36. The predicted octanol–water partition coefficient (Wildman–Crippen LogP) is 4.56. The summed E-state index contributed by atoms with van der Waals surface area (Å²) in [5.74, 6) is -4.55. The zero-order chi connectivity index (χ0) is 21.9. The highest BCUT2D eigenvalue weighted by Crippen LogP contribution is 2.39. The quantitative estimate of drug-likeness (QED) is 0.386. The second kappa shape index (κ2) is 8.93. The number of hydrogen-bond donors (Lipinski definition) is 1. The Morgan fingerprint density at radius 2 is 2.07 bits per heavy atom. The van der Waals surface area contributed by atoms with Crippen molar-refractivity contribution in [3.8, 4) is 0 Å². The minimum Gasteiger partial charge on any atom is -0.464 e. The summed E-state index contributed by atoms with van der Waals surface area (Å²) in [5.41, 5.74) is 1.49. The number of amides is 1. The van der Waals surface area contributed by atoms with Gasteiger partial charge in [0.05, 0.1) is 6.61 Å². The van der Waals surface area contributed by atoms with Crippen LogP contribution in [0.4, 0.5) is 14.5 Å². The summed E-state index contributed by atoms with van der Waals surface area (Å²) < 4.78 is 33.6. The van der Waals surface area contributed by atoms with Crippen molar-refractivity contribution in [3.63, 3.8) is 0 Å². The molecule has 6 nitrogen and oxygen atoms in total. The fraction of sp³-hybridized carbons (Fsp3) is 0.500. The van der Waals surface area contributed by atoms with E-state index in [-0.39, 0.29) is 25.2 Å². The third kappa shape index (κ3) is 5.04. The topological polar surface area (TPSA) is 77.4 Å². The number of benzene rings is 1. The van der Waals surface area contributed by atoms with E-state index in [1.807, 2.05) is 6.92 Å². The Labute approximate surface area is 173 Å². The lowest BCUT2D eigenvalue weighted by molar-refractivity contribution is -0.144. The smallest absolute Gasteiger partial charge is 0.325 e. The third-order valence-corrected chi connectivity index (χ3v) is 5.36. The number of anilines is 1. The van der Waals surface area contributed by atoms with E-state index in [2.05, 4.69) is 5.32 Å². The van der Waals surface area contributed by atoms with Gasteiger partial charge in [-0.05, 0) is 38.0 Å². The van der Waals surface area contributed by atoms with E-state index in [0.29, 0.717) is 28.8 Å². The maximum Gasteiger partial charge on any atom is 0.325 e. The molecule has 1 amide bonds. The van der Waals surface area contributed by atoms with Crippen molar-refractivity contribution in [3.05, 3.63) is 30.0 Å². The van der Waals surface area contributed by atoms with Gasteiger partial charge >= 0.3 is 5.97 Å². The van der Waals surface area contributed by atoms with Crippen molar-refractivity contribution in [2.45, 2.75) is 58.4 Å². The van der Waals surface area contributed by atoms with Crippen LogP contribution >= 0.6 is 0 Å². The van der Waals surface area contributed by atoms with Gasteiger partial charge in [-0.2, -0.15) is 0 Å². The van der Waals surface area contributed by atoms with E-state index in [4.69, 9.17) is 4.74 Å². The molecule has 1 saturated carbocycles. The first-order valence-corrected chi connectivity index (χ1v) is 10.2. The summed E-state index contributed by atoms with van der Waals surface area (Å²) in [6.45, 7) is 3.74. The predicted molar refractivity (Wildman–Crippen MR) is 109 cm³/mol. The van der Waals surface area contributed by atoms with Crippen LogP contribution in [0.5, 0.6) is 0 Å². The van der Waals surface area contributed by atoms with Gasteiger partial charge in [0, 0.05) is 47.1 Å². The van der Waals surface area contributed by atoms with Crippen molar-refractivity contribution in [1.29, 1.82) is 0 Å². The first-order chi connectivity index (χ1) is 14.2. The number of Topliss-reactive ketones (excluding diaryl/α,β-unsaturated/α-hetero) is 1. The monoisotopic (exact) mass is 420 g/mol. The van der Waals surface area contributed by atoms with Crippen molar-refractivity contribution >= 4 is 34.3 Å². The highest BCUT2D eigenvalue weighted by Gasteiger charge is 2.42. The second-order valence-electron chi connectivity index (χ2n) is 7.82. The lowest BCUT2D eigenvalue weighted by Gasteiger charge is -2.12. The van der Waals surface area contributed by atoms with E-state index in [0.717, 1.165) is 12.8 Å². The second-order valence-corrected chi connectivity index (χ2v) is 7.82. The number of ether oxygens (including phenoxy) is 1. The zero-order valence-corrected chi connectivity index (χ0v) is 17.2. The fourth-order valence-electron chi connectivity index (χ4n) is 3.72. The number of halogens is 2. The number of rotatable bonds is 8. The largest absolute Gasteiger partial charge is 0.464 e. The molecule has 0 spiro atoms. The molecule has 1 N–H and O–H groups in total. The molecule has 162 valence electrons. The van der Waals surface area contributed by atoms with Gasteiger partial charge in [-0.1, -0.05) is 13.3 Å². The number of nitrogens with one attached hydrogen (secondary N) is 1. The Morgan fingerprint density at radius 3 is 2.70 bits per heavy atom. The van der Waals surface area contributed by atoms with E-state index in [9.17, 15) is 23.2 Å². The maximum atomic E-state index is 13.4. The average molecular weight is 420 g/mol. The average Bonchev–Trinajstić information content (AvgIpc) is 3.22. The van der Waals surface area contributed by atoms with E-state index < -0.39 is 30.1 Å². The SMILES string of the molecule is CCCCOC(=O)Cn1cc(C(C)=O)c2cc(NC(=O)C3CCC(F)(F)C3)ccc21. The van der Waals surface area contributed by atoms with Crippen LogP contribution in [0.25, 0.3) is 10.9 Å². The van der Waals surface area contributed by atoms with E-state index >= 15 is 0 Å². The number of carbonyl (C=O) groups excluding carboxylic acids is 3. The molecule has 2 aromatic rings. The van der Waals surface area contributed by atoms with Gasteiger partial charge in [0.2, 0.25) is 11.8 Å². The van der Waals surface area contributed by atoms with E-state index in [1.54, 1.807) is 29.0 Å². The molecule has 30 heavy (non-hydrogen) atoms. The van der Waals surface area contributed by atoms with Crippen LogP contribution in [0, 0.1) is 5.92 Å². The number of aromatic nitrogens is 1. The molecule has 0 aliphatic heterocycles. The van der Waals surface area contributed by atoms with Crippen LogP contribution in [-0.4, -0.2) is 34.8 Å². The summed E-state index contributed by atoms with van der Waals surface area (Å²) in [4.78, 5) is 36.5. The molecule has 8 heteroatoms. The van der Waals surface area contributed by atoms with Gasteiger partial charge in [0.25, 0.3) is 0 Å². The number of esters is 1. The zero-order valence-electron chi connectivity index (χ0n) is 17.2. The first kappa shape index (κ1) is 21.9. The Balaban J connectivity index is 1.79. The van der Waals surface area contributed by atoms with Crippen molar-refractivity contribution < 1.29 is 27.9 Å². The summed E-state index contributed by atoms with van der Waals surface area (Å²) in [7, 11) is 0. The van der Waals surface area contributed by atoms with Gasteiger partial charge in [-0.25, -0.2) is 8.78 Å². The molecule has 1 aromatic heterocycles. The van der Waals surface area contributed by atoms with Crippen LogP contribution in [-0.2, 0) is 20.9 Å². The number of hydrogen-bond acceptors (Lipinski definition) is 4. The molecule has 1 fully saturated rings. The highest BCUT2D eigenvalue weighted by molar-refractivity contribution is 6.08.